The molecule has 1 atom stereocenters. The Morgan fingerprint density at radius 3 is 2.68 bits per heavy atom. The molecule has 19 heavy (non-hydrogen) atoms. The third-order valence-corrected chi connectivity index (χ3v) is 3.02. The van der Waals surface area contributed by atoms with Crippen molar-refractivity contribution < 1.29 is 13.9 Å². The van der Waals surface area contributed by atoms with Crippen molar-refractivity contribution >= 4 is 0 Å². The highest BCUT2D eigenvalue weighted by atomic mass is 19.1. The first-order valence-electron chi connectivity index (χ1n) is 6.86. The Labute approximate surface area is 115 Å². The number of unbranched alkanes of at least 4 members (excludes halogenated alkanes) is 1. The third-order valence-electron chi connectivity index (χ3n) is 3.02. The Bertz CT molecular complexity index is 371. The first kappa shape index (κ1) is 15.9. The Hall–Kier alpha value is -1.13. The summed E-state index contributed by atoms with van der Waals surface area (Å²) in [5, 5.41) is 3.07. The Balaban J connectivity index is 2.38. The van der Waals surface area contributed by atoms with Gasteiger partial charge in [0.2, 0.25) is 0 Å². The van der Waals surface area contributed by atoms with Gasteiger partial charge in [-0.15, -0.1) is 0 Å². The van der Waals surface area contributed by atoms with E-state index in [1.165, 1.54) is 6.07 Å². The summed E-state index contributed by atoms with van der Waals surface area (Å²) in [6.45, 7) is 5.70. The molecule has 108 valence electrons. The van der Waals surface area contributed by atoms with Crippen LogP contribution in [0.15, 0.2) is 18.2 Å². The van der Waals surface area contributed by atoms with Gasteiger partial charge in [0.05, 0.1) is 6.61 Å². The second kappa shape index (κ2) is 8.88. The van der Waals surface area contributed by atoms with Gasteiger partial charge in [0.1, 0.15) is 6.61 Å². The largest absolute Gasteiger partial charge is 0.488 e. The second-order valence-corrected chi connectivity index (χ2v) is 4.51. The zero-order chi connectivity index (χ0) is 14.1. The second-order valence-electron chi connectivity index (χ2n) is 4.51. The van der Waals surface area contributed by atoms with E-state index in [-0.39, 0.29) is 17.6 Å². The van der Waals surface area contributed by atoms with Crippen LogP contribution in [0.25, 0.3) is 0 Å². The smallest absolute Gasteiger partial charge is 0.165 e. The van der Waals surface area contributed by atoms with E-state index in [1.807, 2.05) is 20.0 Å². The van der Waals surface area contributed by atoms with Crippen molar-refractivity contribution in [1.82, 2.24) is 5.32 Å². The summed E-state index contributed by atoms with van der Waals surface area (Å²) in [5.74, 6) is -0.0423. The molecule has 0 fully saturated rings. The topological polar surface area (TPSA) is 30.5 Å². The van der Waals surface area contributed by atoms with E-state index in [1.54, 1.807) is 6.07 Å². The Morgan fingerprint density at radius 1 is 1.26 bits per heavy atom. The van der Waals surface area contributed by atoms with Crippen LogP contribution < -0.4 is 10.1 Å². The predicted octanol–water partition coefficient (Wildman–Crippen LogP) is 3.30. The fraction of sp³-hybridized carbons (Fsp3) is 0.600. The molecule has 0 aliphatic heterocycles. The molecule has 3 nitrogen and oxygen atoms in total. The lowest BCUT2D eigenvalue weighted by Gasteiger charge is -2.13. The molecule has 0 aliphatic carbocycles. The number of hydrogen-bond donors (Lipinski definition) is 1. The van der Waals surface area contributed by atoms with Gasteiger partial charge in [-0.05, 0) is 38.1 Å². The van der Waals surface area contributed by atoms with E-state index in [4.69, 9.17) is 9.47 Å². The summed E-state index contributed by atoms with van der Waals surface area (Å²) in [7, 11) is 1.85. The lowest BCUT2D eigenvalue weighted by Crippen LogP contribution is -2.13. The highest BCUT2D eigenvalue weighted by molar-refractivity contribution is 5.30. The minimum Gasteiger partial charge on any atom is -0.488 e. The molecule has 0 spiro atoms. The highest BCUT2D eigenvalue weighted by Crippen LogP contribution is 2.21. The Kier molecular flexibility index (Phi) is 7.45. The van der Waals surface area contributed by atoms with E-state index in [2.05, 4.69) is 12.2 Å². The van der Waals surface area contributed by atoms with Crippen molar-refractivity contribution in [3.05, 3.63) is 29.6 Å². The van der Waals surface area contributed by atoms with Gasteiger partial charge >= 0.3 is 0 Å². The van der Waals surface area contributed by atoms with Gasteiger partial charge in [-0.1, -0.05) is 19.4 Å². The number of hydrogen-bond acceptors (Lipinski definition) is 3. The van der Waals surface area contributed by atoms with Crippen LogP contribution in [0.3, 0.4) is 0 Å². The van der Waals surface area contributed by atoms with Crippen LogP contribution in [0.1, 0.15) is 38.3 Å². The maximum atomic E-state index is 13.8. The molecule has 1 N–H and O–H groups in total. The minimum atomic E-state index is -0.326. The average molecular weight is 269 g/mol. The molecular weight excluding hydrogens is 245 g/mol. The van der Waals surface area contributed by atoms with Gasteiger partial charge in [-0.25, -0.2) is 4.39 Å². The van der Waals surface area contributed by atoms with E-state index in [9.17, 15) is 4.39 Å². The van der Waals surface area contributed by atoms with Crippen LogP contribution in [0.2, 0.25) is 0 Å². The molecule has 4 heteroatoms. The molecule has 0 saturated carbocycles. The fourth-order valence-electron chi connectivity index (χ4n) is 1.63. The summed E-state index contributed by atoms with van der Waals surface area (Å²) < 4.78 is 24.5. The van der Waals surface area contributed by atoms with Crippen LogP contribution >= 0.6 is 0 Å². The summed E-state index contributed by atoms with van der Waals surface area (Å²) >= 11 is 0. The van der Waals surface area contributed by atoms with E-state index in [0.717, 1.165) is 25.0 Å². The van der Waals surface area contributed by atoms with Crippen molar-refractivity contribution in [2.45, 2.75) is 32.7 Å². The van der Waals surface area contributed by atoms with Gasteiger partial charge < -0.3 is 14.8 Å². The number of ether oxygens (including phenoxy) is 2. The standard InChI is InChI=1S/C15H24FNO2/c1-4-5-8-18-9-10-19-15-7-6-13(11-14(15)16)12(2)17-3/h6-7,11-12,17H,4-5,8-10H2,1-3H3. The van der Waals surface area contributed by atoms with E-state index >= 15 is 0 Å². The summed E-state index contributed by atoms with van der Waals surface area (Å²) in [6, 6.07) is 5.18. The molecule has 0 saturated heterocycles. The zero-order valence-electron chi connectivity index (χ0n) is 12.0. The van der Waals surface area contributed by atoms with Gasteiger partial charge in [-0.3, -0.25) is 0 Å². The monoisotopic (exact) mass is 269 g/mol. The molecule has 1 unspecified atom stereocenters. The van der Waals surface area contributed by atoms with Crippen LogP contribution in [0.4, 0.5) is 4.39 Å². The van der Waals surface area contributed by atoms with Crippen molar-refractivity contribution in [3.63, 3.8) is 0 Å². The molecular formula is C15H24FNO2. The average Bonchev–Trinajstić information content (AvgIpc) is 2.43. The fourth-order valence-corrected chi connectivity index (χ4v) is 1.63. The highest BCUT2D eigenvalue weighted by Gasteiger charge is 2.08. The minimum absolute atomic E-state index is 0.126. The molecule has 0 aromatic heterocycles. The molecule has 1 aromatic rings. The normalized spacial score (nSPS) is 12.4. The lowest BCUT2D eigenvalue weighted by molar-refractivity contribution is 0.0966. The van der Waals surface area contributed by atoms with Crippen molar-refractivity contribution in [3.8, 4) is 5.75 Å². The molecule has 0 aliphatic rings. The van der Waals surface area contributed by atoms with Crippen molar-refractivity contribution in [2.75, 3.05) is 26.9 Å². The Morgan fingerprint density at radius 2 is 2.05 bits per heavy atom. The maximum absolute atomic E-state index is 13.8. The zero-order valence-corrected chi connectivity index (χ0v) is 12.0. The molecule has 0 radical (unpaired) electrons. The predicted molar refractivity (Wildman–Crippen MR) is 75.1 cm³/mol. The number of nitrogens with one attached hydrogen (secondary N) is 1. The SMILES string of the molecule is CCCCOCCOc1ccc(C(C)NC)cc1F. The van der Waals surface area contributed by atoms with Crippen LogP contribution in [-0.2, 0) is 4.74 Å². The number of benzene rings is 1. The van der Waals surface area contributed by atoms with Gasteiger partial charge in [-0.2, -0.15) is 0 Å². The molecule has 0 heterocycles. The first-order chi connectivity index (χ1) is 9.19. The van der Waals surface area contributed by atoms with Crippen LogP contribution in [0, 0.1) is 5.82 Å². The third kappa shape index (κ3) is 5.57. The summed E-state index contributed by atoms with van der Waals surface area (Å²) in [4.78, 5) is 0. The quantitative estimate of drug-likeness (QED) is 0.698. The number of rotatable bonds is 9. The molecule has 1 aromatic carbocycles. The van der Waals surface area contributed by atoms with Gasteiger partial charge in [0, 0.05) is 12.6 Å². The van der Waals surface area contributed by atoms with Gasteiger partial charge in [0.25, 0.3) is 0 Å². The lowest BCUT2D eigenvalue weighted by atomic mass is 10.1. The maximum Gasteiger partial charge on any atom is 0.165 e. The van der Waals surface area contributed by atoms with Crippen molar-refractivity contribution in [2.24, 2.45) is 0 Å². The van der Waals surface area contributed by atoms with Crippen molar-refractivity contribution in [1.29, 1.82) is 0 Å². The summed E-state index contributed by atoms with van der Waals surface area (Å²) in [5.41, 5.74) is 0.909. The summed E-state index contributed by atoms with van der Waals surface area (Å²) in [6.07, 6.45) is 2.16. The number of halogens is 1. The van der Waals surface area contributed by atoms with Crippen LogP contribution in [-0.4, -0.2) is 26.9 Å². The molecule has 1 rings (SSSR count). The van der Waals surface area contributed by atoms with Crippen LogP contribution in [0.5, 0.6) is 5.75 Å². The van der Waals surface area contributed by atoms with Gasteiger partial charge in [0.15, 0.2) is 11.6 Å². The molecule has 0 bridgehead atoms. The van der Waals surface area contributed by atoms with E-state index in [0.29, 0.717) is 13.2 Å². The first-order valence-corrected chi connectivity index (χ1v) is 6.86. The van der Waals surface area contributed by atoms with E-state index < -0.39 is 0 Å². The molecule has 0 amide bonds.